The molecule has 0 fully saturated rings. The molecule has 11 heavy (non-hydrogen) atoms. The molecule has 1 radical (unpaired) electrons. The Morgan fingerprint density at radius 2 is 1.09 bits per heavy atom. The lowest BCUT2D eigenvalue weighted by Crippen LogP contribution is -2.50. The number of nitrogens with zero attached hydrogens (tertiary/aromatic N) is 1. The first-order chi connectivity index (χ1) is 4.69. The molecule has 0 aliphatic carbocycles. The summed E-state index contributed by atoms with van der Waals surface area (Å²) in [4.78, 5) is 2.38. The summed E-state index contributed by atoms with van der Waals surface area (Å²) in [7, 11) is 0. The maximum Gasteiger partial charge on any atom is 0.0231 e. The molecule has 0 N–H and O–H groups in total. The quantitative estimate of drug-likeness (QED) is 0.564. The highest BCUT2D eigenvalue weighted by molar-refractivity contribution is 4.89. The van der Waals surface area contributed by atoms with Gasteiger partial charge in [-0.3, -0.25) is 4.90 Å². The summed E-state index contributed by atoms with van der Waals surface area (Å²) in [5, 5.41) is 0. The molecule has 0 unspecified atom stereocenters. The molecule has 0 aliphatic heterocycles. The van der Waals surface area contributed by atoms with Crippen molar-refractivity contribution in [1.82, 2.24) is 4.90 Å². The van der Waals surface area contributed by atoms with Gasteiger partial charge in [-0.2, -0.15) is 0 Å². The SMILES string of the molecule is C[CH]N(C(C)(C)C)C(C)(C)C. The highest BCUT2D eigenvalue weighted by Crippen LogP contribution is 2.25. The van der Waals surface area contributed by atoms with Crippen LogP contribution in [0.25, 0.3) is 0 Å². The van der Waals surface area contributed by atoms with Crippen LogP contribution < -0.4 is 0 Å². The van der Waals surface area contributed by atoms with Crippen LogP contribution >= 0.6 is 0 Å². The molecule has 0 aromatic carbocycles. The van der Waals surface area contributed by atoms with Crippen molar-refractivity contribution in [3.63, 3.8) is 0 Å². The maximum absolute atomic E-state index is 2.38. The predicted molar refractivity (Wildman–Crippen MR) is 51.3 cm³/mol. The summed E-state index contributed by atoms with van der Waals surface area (Å²) in [5.74, 6) is 0. The van der Waals surface area contributed by atoms with Crippen LogP contribution in [0.3, 0.4) is 0 Å². The van der Waals surface area contributed by atoms with Crippen LogP contribution in [0.15, 0.2) is 0 Å². The lowest BCUT2D eigenvalue weighted by molar-refractivity contribution is 0.0742. The molecule has 0 atom stereocenters. The first-order valence-electron chi connectivity index (χ1n) is 4.28. The van der Waals surface area contributed by atoms with Gasteiger partial charge in [0.05, 0.1) is 0 Å². The van der Waals surface area contributed by atoms with Crippen molar-refractivity contribution in [3.8, 4) is 0 Å². The van der Waals surface area contributed by atoms with Crippen molar-refractivity contribution < 1.29 is 0 Å². The van der Waals surface area contributed by atoms with Crippen LogP contribution in [-0.4, -0.2) is 16.0 Å². The fraction of sp³-hybridized carbons (Fsp3) is 0.900. The van der Waals surface area contributed by atoms with Crippen molar-refractivity contribution in [2.24, 2.45) is 0 Å². The van der Waals surface area contributed by atoms with Crippen LogP contribution in [0.1, 0.15) is 48.5 Å². The Hall–Kier alpha value is -0.0400. The second-order valence-electron chi connectivity index (χ2n) is 4.97. The van der Waals surface area contributed by atoms with E-state index in [4.69, 9.17) is 0 Å². The zero-order chi connectivity index (χ0) is 9.28. The van der Waals surface area contributed by atoms with Crippen LogP contribution in [0.4, 0.5) is 0 Å². The molecule has 0 spiro atoms. The van der Waals surface area contributed by atoms with Crippen LogP contribution in [-0.2, 0) is 0 Å². The van der Waals surface area contributed by atoms with Crippen molar-refractivity contribution in [2.75, 3.05) is 0 Å². The van der Waals surface area contributed by atoms with Gasteiger partial charge in [0.15, 0.2) is 0 Å². The molecular weight excluding hydrogens is 134 g/mol. The number of rotatable bonds is 1. The summed E-state index contributed by atoms with van der Waals surface area (Å²) < 4.78 is 0. The minimum Gasteiger partial charge on any atom is -0.289 e. The molecule has 67 valence electrons. The lowest BCUT2D eigenvalue weighted by Gasteiger charge is -2.44. The van der Waals surface area contributed by atoms with E-state index in [0.29, 0.717) is 0 Å². The normalized spacial score (nSPS) is 14.2. The van der Waals surface area contributed by atoms with Crippen molar-refractivity contribution in [1.29, 1.82) is 0 Å². The van der Waals surface area contributed by atoms with E-state index in [2.05, 4.69) is 59.9 Å². The van der Waals surface area contributed by atoms with E-state index < -0.39 is 0 Å². The fourth-order valence-electron chi connectivity index (χ4n) is 1.78. The third-order valence-corrected chi connectivity index (χ3v) is 1.70. The summed E-state index contributed by atoms with van der Waals surface area (Å²) in [6.45, 7) is 17.7. The number of hydrogen-bond acceptors (Lipinski definition) is 1. The zero-order valence-electron chi connectivity index (χ0n) is 9.02. The van der Waals surface area contributed by atoms with Gasteiger partial charge in [-0.1, -0.05) is 0 Å². The van der Waals surface area contributed by atoms with Gasteiger partial charge in [0.1, 0.15) is 0 Å². The molecular formula is C10H22N. The first-order valence-corrected chi connectivity index (χ1v) is 4.28. The van der Waals surface area contributed by atoms with Gasteiger partial charge in [-0.15, -0.1) is 0 Å². The molecule has 0 saturated heterocycles. The van der Waals surface area contributed by atoms with Crippen LogP contribution in [0, 0.1) is 6.54 Å². The van der Waals surface area contributed by atoms with Crippen molar-refractivity contribution in [3.05, 3.63) is 6.54 Å². The summed E-state index contributed by atoms with van der Waals surface area (Å²) >= 11 is 0. The van der Waals surface area contributed by atoms with Gasteiger partial charge < -0.3 is 0 Å². The topological polar surface area (TPSA) is 3.24 Å². The third-order valence-electron chi connectivity index (χ3n) is 1.70. The summed E-state index contributed by atoms with van der Waals surface area (Å²) in [6.07, 6.45) is 0. The Labute approximate surface area is 71.8 Å². The van der Waals surface area contributed by atoms with E-state index in [1.165, 1.54) is 0 Å². The predicted octanol–water partition coefficient (Wildman–Crippen LogP) is 3.07. The second-order valence-corrected chi connectivity index (χ2v) is 4.97. The third kappa shape index (κ3) is 3.24. The monoisotopic (exact) mass is 156 g/mol. The zero-order valence-corrected chi connectivity index (χ0v) is 9.02. The Morgan fingerprint density at radius 3 is 1.09 bits per heavy atom. The van der Waals surface area contributed by atoms with E-state index in [0.717, 1.165) is 0 Å². The molecule has 0 aromatic rings. The molecule has 0 aromatic heterocycles. The highest BCUT2D eigenvalue weighted by atomic mass is 15.2. The van der Waals surface area contributed by atoms with Gasteiger partial charge in [0, 0.05) is 17.6 Å². The fourth-order valence-corrected chi connectivity index (χ4v) is 1.78. The minimum absolute atomic E-state index is 0.229. The largest absolute Gasteiger partial charge is 0.289 e. The molecule has 0 bridgehead atoms. The molecule has 0 rings (SSSR count). The molecule has 0 saturated carbocycles. The Balaban J connectivity index is 4.43. The average Bonchev–Trinajstić information content (AvgIpc) is 1.56. The Bertz CT molecular complexity index is 99.8. The maximum atomic E-state index is 2.38. The van der Waals surface area contributed by atoms with E-state index in [1.807, 2.05) is 0 Å². The molecule has 0 amide bonds. The smallest absolute Gasteiger partial charge is 0.0231 e. The van der Waals surface area contributed by atoms with Crippen molar-refractivity contribution >= 4 is 0 Å². The first kappa shape index (κ1) is 11.0. The highest BCUT2D eigenvalue weighted by Gasteiger charge is 2.29. The average molecular weight is 156 g/mol. The van der Waals surface area contributed by atoms with E-state index >= 15 is 0 Å². The van der Waals surface area contributed by atoms with Gasteiger partial charge >= 0.3 is 0 Å². The van der Waals surface area contributed by atoms with Crippen LogP contribution in [0.2, 0.25) is 0 Å². The second kappa shape index (κ2) is 3.14. The Morgan fingerprint density at radius 1 is 0.818 bits per heavy atom. The molecule has 1 heteroatoms. The summed E-state index contributed by atoms with van der Waals surface area (Å²) in [6, 6.07) is 0. The number of hydrogen-bond donors (Lipinski definition) is 0. The lowest BCUT2D eigenvalue weighted by atomic mass is 9.96. The van der Waals surface area contributed by atoms with Crippen molar-refractivity contribution in [2.45, 2.75) is 59.5 Å². The van der Waals surface area contributed by atoms with E-state index in [9.17, 15) is 0 Å². The van der Waals surface area contributed by atoms with E-state index in [-0.39, 0.29) is 11.1 Å². The molecule has 0 aliphatic rings. The standard InChI is InChI=1S/C10H22N/c1-8-11(9(2,3)4)10(5,6)7/h8H,1-7H3. The van der Waals surface area contributed by atoms with Crippen LogP contribution in [0.5, 0.6) is 0 Å². The van der Waals surface area contributed by atoms with Gasteiger partial charge in [0.25, 0.3) is 0 Å². The van der Waals surface area contributed by atoms with E-state index in [1.54, 1.807) is 0 Å². The molecule has 0 heterocycles. The Kier molecular flexibility index (Phi) is 3.13. The van der Waals surface area contributed by atoms with Gasteiger partial charge in [-0.25, -0.2) is 0 Å². The minimum atomic E-state index is 0.229. The van der Waals surface area contributed by atoms with Gasteiger partial charge in [0.2, 0.25) is 0 Å². The van der Waals surface area contributed by atoms with Gasteiger partial charge in [-0.05, 0) is 48.5 Å². The molecule has 1 nitrogen and oxygen atoms in total. The summed E-state index contributed by atoms with van der Waals surface area (Å²) in [5.41, 5.74) is 0.458.